The summed E-state index contributed by atoms with van der Waals surface area (Å²) in [5, 5.41) is 1.04. The maximum atomic E-state index is 12.0. The van der Waals surface area contributed by atoms with Crippen LogP contribution in [0.3, 0.4) is 0 Å². The van der Waals surface area contributed by atoms with Crippen molar-refractivity contribution in [2.75, 3.05) is 5.75 Å². The van der Waals surface area contributed by atoms with Crippen LogP contribution < -0.4 is 4.72 Å². The molecular weight excluding hydrogens is 362 g/mol. The van der Waals surface area contributed by atoms with Crippen LogP contribution in [0, 0.1) is 6.92 Å². The van der Waals surface area contributed by atoms with Crippen LogP contribution in [0.4, 0.5) is 0 Å². The van der Waals surface area contributed by atoms with E-state index >= 15 is 0 Å². The first-order valence-corrected chi connectivity index (χ1v) is 9.70. The Morgan fingerprint density at radius 1 is 1.50 bits per heavy atom. The molecule has 0 fully saturated rings. The molecule has 0 amide bonds. The number of aryl methyl sites for hydroxylation is 1. The van der Waals surface area contributed by atoms with Gasteiger partial charge in [0.15, 0.2) is 9.84 Å². The molecule has 0 aliphatic carbocycles. The van der Waals surface area contributed by atoms with Crippen LogP contribution >= 0.6 is 27.3 Å². The van der Waals surface area contributed by atoms with E-state index in [1.54, 1.807) is 13.0 Å². The highest BCUT2D eigenvalue weighted by Gasteiger charge is 2.27. The molecule has 0 aromatic carbocycles. The number of thiophene rings is 1. The standard InChI is InChI=1S/C9H10BrNO4S3/c1-6-4-8(16-9(6)10)18(14,15)11-7-2-3-17(12,13)5-7/h2-4,7,11H,5H2,1H3. The van der Waals surface area contributed by atoms with Crippen molar-refractivity contribution < 1.29 is 16.8 Å². The van der Waals surface area contributed by atoms with Gasteiger partial charge in [-0.2, -0.15) is 0 Å². The van der Waals surface area contributed by atoms with Gasteiger partial charge in [-0.3, -0.25) is 0 Å². The average molecular weight is 372 g/mol. The van der Waals surface area contributed by atoms with E-state index in [1.807, 2.05) is 0 Å². The normalized spacial score (nSPS) is 22.4. The van der Waals surface area contributed by atoms with Crippen molar-refractivity contribution in [2.45, 2.75) is 17.2 Å². The molecule has 18 heavy (non-hydrogen) atoms. The zero-order valence-corrected chi connectivity index (χ0v) is 13.3. The summed E-state index contributed by atoms with van der Waals surface area (Å²) in [5.41, 5.74) is 0.829. The highest BCUT2D eigenvalue weighted by Crippen LogP contribution is 2.30. The van der Waals surface area contributed by atoms with E-state index < -0.39 is 25.9 Å². The van der Waals surface area contributed by atoms with E-state index in [-0.39, 0.29) is 9.96 Å². The van der Waals surface area contributed by atoms with Crippen molar-refractivity contribution in [2.24, 2.45) is 0 Å². The lowest BCUT2D eigenvalue weighted by Crippen LogP contribution is -2.35. The maximum Gasteiger partial charge on any atom is 0.250 e. The fourth-order valence-corrected chi connectivity index (χ4v) is 6.24. The molecule has 1 aromatic heterocycles. The first kappa shape index (κ1) is 14.2. The Morgan fingerprint density at radius 2 is 2.17 bits per heavy atom. The van der Waals surface area contributed by atoms with Crippen molar-refractivity contribution in [3.05, 3.63) is 26.9 Å². The van der Waals surface area contributed by atoms with E-state index in [2.05, 4.69) is 20.7 Å². The third-order valence-corrected chi connectivity index (χ3v) is 7.83. The summed E-state index contributed by atoms with van der Waals surface area (Å²) in [7, 11) is -6.94. The van der Waals surface area contributed by atoms with Gasteiger partial charge in [0.2, 0.25) is 0 Å². The Hall–Kier alpha value is -0.220. The molecule has 0 saturated heterocycles. The van der Waals surface area contributed by atoms with Gasteiger partial charge in [0.25, 0.3) is 10.0 Å². The van der Waals surface area contributed by atoms with Gasteiger partial charge < -0.3 is 0 Å². The Morgan fingerprint density at radius 3 is 2.61 bits per heavy atom. The van der Waals surface area contributed by atoms with Crippen LogP contribution in [0.1, 0.15) is 5.56 Å². The van der Waals surface area contributed by atoms with Gasteiger partial charge in [0.05, 0.1) is 15.6 Å². The summed E-state index contributed by atoms with van der Waals surface area (Å²) < 4.78 is 49.7. The van der Waals surface area contributed by atoms with Crippen LogP contribution in [0.15, 0.2) is 25.5 Å². The van der Waals surface area contributed by atoms with Gasteiger partial charge in [-0.25, -0.2) is 21.6 Å². The van der Waals surface area contributed by atoms with Gasteiger partial charge in [0, 0.05) is 5.41 Å². The molecule has 5 nitrogen and oxygen atoms in total. The van der Waals surface area contributed by atoms with Crippen LogP contribution in [0.2, 0.25) is 0 Å². The lowest BCUT2D eigenvalue weighted by Gasteiger charge is -2.08. The zero-order chi connectivity index (χ0) is 13.6. The predicted molar refractivity (Wildman–Crippen MR) is 73.8 cm³/mol. The first-order valence-electron chi connectivity index (χ1n) is 4.89. The quantitative estimate of drug-likeness (QED) is 0.870. The second-order valence-corrected chi connectivity index (χ2v) is 10.2. The molecule has 1 aromatic rings. The highest BCUT2D eigenvalue weighted by molar-refractivity contribution is 9.11. The third kappa shape index (κ3) is 3.02. The molecule has 9 heteroatoms. The van der Waals surface area contributed by atoms with Gasteiger partial charge in [-0.15, -0.1) is 11.3 Å². The van der Waals surface area contributed by atoms with E-state index in [4.69, 9.17) is 0 Å². The van der Waals surface area contributed by atoms with E-state index in [0.29, 0.717) is 0 Å². The molecule has 1 N–H and O–H groups in total. The molecule has 2 heterocycles. The van der Waals surface area contributed by atoms with Crippen molar-refractivity contribution in [1.82, 2.24) is 4.72 Å². The lowest BCUT2D eigenvalue weighted by atomic mass is 10.4. The number of nitrogens with one attached hydrogen (secondary N) is 1. The summed E-state index contributed by atoms with van der Waals surface area (Å²) in [6.45, 7) is 1.79. The van der Waals surface area contributed by atoms with Crippen molar-refractivity contribution in [3.8, 4) is 0 Å². The molecular formula is C9H10BrNO4S3. The molecule has 1 aliphatic rings. The van der Waals surface area contributed by atoms with Gasteiger partial charge in [0.1, 0.15) is 4.21 Å². The van der Waals surface area contributed by atoms with E-state index in [0.717, 1.165) is 26.1 Å². The second-order valence-electron chi connectivity index (χ2n) is 3.91. The average Bonchev–Trinajstić information content (AvgIpc) is 2.71. The van der Waals surface area contributed by atoms with E-state index in [9.17, 15) is 16.8 Å². The van der Waals surface area contributed by atoms with Gasteiger partial charge >= 0.3 is 0 Å². The van der Waals surface area contributed by atoms with E-state index in [1.165, 1.54) is 6.08 Å². The SMILES string of the molecule is Cc1cc(S(=O)(=O)NC2C=CS(=O)(=O)C2)sc1Br. The number of sulfone groups is 1. The summed E-state index contributed by atoms with van der Waals surface area (Å²) in [4.78, 5) is 0. The summed E-state index contributed by atoms with van der Waals surface area (Å²) in [6, 6.07) is 0.853. The number of rotatable bonds is 3. The number of hydrogen-bond acceptors (Lipinski definition) is 5. The Labute approximate surface area is 118 Å². The van der Waals surface area contributed by atoms with Crippen LogP contribution in [0.25, 0.3) is 0 Å². The molecule has 2 rings (SSSR count). The molecule has 0 spiro atoms. The monoisotopic (exact) mass is 371 g/mol. The molecule has 0 saturated carbocycles. The van der Waals surface area contributed by atoms with Crippen molar-refractivity contribution >= 4 is 47.1 Å². The minimum atomic E-state index is -3.67. The van der Waals surface area contributed by atoms with Crippen molar-refractivity contribution in [1.29, 1.82) is 0 Å². The molecule has 100 valence electrons. The molecule has 1 atom stereocenters. The number of sulfonamides is 1. The minimum Gasteiger partial charge on any atom is -0.224 e. The predicted octanol–water partition coefficient (Wildman–Crippen LogP) is 1.41. The lowest BCUT2D eigenvalue weighted by molar-refractivity contribution is 0.577. The fourth-order valence-electron chi connectivity index (χ4n) is 1.47. The van der Waals surface area contributed by atoms with Gasteiger partial charge in [-0.05, 0) is 34.5 Å². The molecule has 1 unspecified atom stereocenters. The Kier molecular flexibility index (Phi) is 3.72. The summed E-state index contributed by atoms with van der Waals surface area (Å²) in [6.07, 6.45) is 1.35. The first-order chi connectivity index (χ1) is 8.20. The zero-order valence-electron chi connectivity index (χ0n) is 9.25. The van der Waals surface area contributed by atoms with Gasteiger partial charge in [-0.1, -0.05) is 6.08 Å². The topological polar surface area (TPSA) is 80.3 Å². The van der Waals surface area contributed by atoms with Crippen LogP contribution in [-0.2, 0) is 19.9 Å². The molecule has 1 aliphatic heterocycles. The summed E-state index contributed by atoms with van der Waals surface area (Å²) in [5.74, 6) is -0.224. The van der Waals surface area contributed by atoms with Crippen LogP contribution in [-0.4, -0.2) is 28.6 Å². The smallest absolute Gasteiger partial charge is 0.224 e. The second kappa shape index (κ2) is 4.71. The maximum absolute atomic E-state index is 12.0. The number of halogens is 1. The van der Waals surface area contributed by atoms with Crippen molar-refractivity contribution in [3.63, 3.8) is 0 Å². The largest absolute Gasteiger partial charge is 0.250 e. The minimum absolute atomic E-state index is 0.171. The summed E-state index contributed by atoms with van der Waals surface area (Å²) >= 11 is 4.35. The Bertz CT molecular complexity index is 683. The number of hydrogen-bond donors (Lipinski definition) is 1. The molecule has 0 bridgehead atoms. The molecule has 0 radical (unpaired) electrons. The fraction of sp³-hybridized carbons (Fsp3) is 0.333. The Balaban J connectivity index is 2.21. The van der Waals surface area contributed by atoms with Crippen LogP contribution in [0.5, 0.6) is 0 Å². The third-order valence-electron chi connectivity index (χ3n) is 2.34. The highest BCUT2D eigenvalue weighted by atomic mass is 79.9.